The average molecular weight is 335 g/mol. The maximum absolute atomic E-state index is 12.2. The van der Waals surface area contributed by atoms with E-state index in [0.717, 1.165) is 0 Å². The van der Waals surface area contributed by atoms with Crippen molar-refractivity contribution in [1.82, 2.24) is 5.32 Å². The summed E-state index contributed by atoms with van der Waals surface area (Å²) < 4.78 is 36.5. The van der Waals surface area contributed by atoms with Gasteiger partial charge >= 0.3 is 11.5 Å². The van der Waals surface area contributed by atoms with E-state index in [1.165, 1.54) is 24.3 Å². The molecule has 0 atom stereocenters. The molecule has 0 aliphatic carbocycles. The quantitative estimate of drug-likeness (QED) is 0.562. The number of carboxylic acid groups (broad SMARTS) is 1. The number of unbranched alkanes of at least 4 members (excludes halogenated alkanes) is 2. The van der Waals surface area contributed by atoms with Crippen LogP contribution in [0.15, 0.2) is 29.2 Å². The Hall–Kier alpha value is -1.70. The number of alkyl halides is 3. The third-order valence-electron chi connectivity index (χ3n) is 2.70. The smallest absolute Gasteiger partial charge is 0.446 e. The number of nitrogens with one attached hydrogen (secondary N) is 1. The van der Waals surface area contributed by atoms with Crippen molar-refractivity contribution in [3.05, 3.63) is 29.8 Å². The van der Waals surface area contributed by atoms with Crippen LogP contribution in [0.4, 0.5) is 13.2 Å². The molecule has 0 spiro atoms. The summed E-state index contributed by atoms with van der Waals surface area (Å²) in [7, 11) is 0. The minimum Gasteiger partial charge on any atom is -0.481 e. The second-order valence-electron chi connectivity index (χ2n) is 4.53. The van der Waals surface area contributed by atoms with Gasteiger partial charge in [-0.15, -0.1) is 0 Å². The molecule has 2 N–H and O–H groups in total. The van der Waals surface area contributed by atoms with Crippen molar-refractivity contribution in [2.45, 2.75) is 36.1 Å². The van der Waals surface area contributed by atoms with Crippen LogP contribution in [0.2, 0.25) is 0 Å². The summed E-state index contributed by atoms with van der Waals surface area (Å²) in [4.78, 5) is 22.1. The van der Waals surface area contributed by atoms with Gasteiger partial charge in [-0.1, -0.05) is 6.42 Å². The van der Waals surface area contributed by atoms with Crippen molar-refractivity contribution in [2.24, 2.45) is 0 Å². The van der Waals surface area contributed by atoms with E-state index in [4.69, 9.17) is 5.11 Å². The number of amides is 1. The lowest BCUT2D eigenvalue weighted by molar-refractivity contribution is -0.137. The van der Waals surface area contributed by atoms with Gasteiger partial charge in [-0.25, -0.2) is 0 Å². The molecule has 0 unspecified atom stereocenters. The zero-order valence-corrected chi connectivity index (χ0v) is 12.5. The first kappa shape index (κ1) is 18.3. The van der Waals surface area contributed by atoms with Gasteiger partial charge in [0.2, 0.25) is 0 Å². The molecule has 22 heavy (non-hydrogen) atoms. The van der Waals surface area contributed by atoms with Gasteiger partial charge in [-0.3, -0.25) is 9.59 Å². The highest BCUT2D eigenvalue weighted by Gasteiger charge is 2.29. The molecule has 0 aliphatic heterocycles. The zero-order valence-electron chi connectivity index (χ0n) is 11.7. The normalized spacial score (nSPS) is 11.2. The number of benzene rings is 1. The number of thioether (sulfide) groups is 1. The Morgan fingerprint density at radius 3 is 2.27 bits per heavy atom. The molecular formula is C14H16F3NO3S. The van der Waals surface area contributed by atoms with Gasteiger partial charge in [0.15, 0.2) is 0 Å². The van der Waals surface area contributed by atoms with E-state index in [2.05, 4.69) is 5.32 Å². The molecular weight excluding hydrogens is 319 g/mol. The first-order valence-electron chi connectivity index (χ1n) is 6.64. The fraction of sp³-hybridized carbons (Fsp3) is 0.429. The molecule has 1 aromatic carbocycles. The fourth-order valence-corrected chi connectivity index (χ4v) is 2.23. The average Bonchev–Trinajstić information content (AvgIpc) is 2.41. The molecule has 0 aliphatic rings. The Morgan fingerprint density at radius 2 is 1.73 bits per heavy atom. The summed E-state index contributed by atoms with van der Waals surface area (Å²) in [5.41, 5.74) is -4.06. The summed E-state index contributed by atoms with van der Waals surface area (Å²) in [5, 5.41) is 11.1. The van der Waals surface area contributed by atoms with Crippen molar-refractivity contribution in [3.63, 3.8) is 0 Å². The first-order chi connectivity index (χ1) is 10.3. The molecule has 0 radical (unpaired) electrons. The molecule has 0 heterocycles. The summed E-state index contributed by atoms with van der Waals surface area (Å²) in [6, 6.07) is 5.18. The summed E-state index contributed by atoms with van der Waals surface area (Å²) in [5.74, 6) is -1.21. The zero-order chi connectivity index (χ0) is 16.6. The Balaban J connectivity index is 2.32. The van der Waals surface area contributed by atoms with Crippen LogP contribution in [0, 0.1) is 0 Å². The molecule has 1 rings (SSSR count). The summed E-state index contributed by atoms with van der Waals surface area (Å²) >= 11 is -0.229. The standard InChI is InChI=1S/C14H16F3NO3S/c15-14(16,17)22-11-7-5-10(6-8-11)13(21)18-9-3-1-2-4-12(19)20/h5-8H,1-4,9H2,(H,18,21)(H,19,20). The van der Waals surface area contributed by atoms with Crippen LogP contribution in [0.25, 0.3) is 0 Å². The van der Waals surface area contributed by atoms with E-state index < -0.39 is 11.5 Å². The number of rotatable bonds is 8. The van der Waals surface area contributed by atoms with Crippen molar-refractivity contribution in [2.75, 3.05) is 6.54 Å². The third kappa shape index (κ3) is 7.92. The van der Waals surface area contributed by atoms with Gasteiger partial charge in [0.25, 0.3) is 5.91 Å². The number of aliphatic carboxylic acids is 1. The summed E-state index contributed by atoms with van der Waals surface area (Å²) in [6.07, 6.45) is 2.00. The lowest BCUT2D eigenvalue weighted by atomic mass is 10.2. The van der Waals surface area contributed by atoms with Crippen LogP contribution in [-0.2, 0) is 4.79 Å². The van der Waals surface area contributed by atoms with Crippen LogP contribution in [-0.4, -0.2) is 29.0 Å². The number of hydrogen-bond donors (Lipinski definition) is 2. The SMILES string of the molecule is O=C(O)CCCCCNC(=O)c1ccc(SC(F)(F)F)cc1. The second kappa shape index (κ2) is 8.67. The fourth-order valence-electron chi connectivity index (χ4n) is 1.69. The maximum atomic E-state index is 12.2. The van der Waals surface area contributed by atoms with E-state index in [-0.39, 0.29) is 34.5 Å². The minimum atomic E-state index is -4.35. The van der Waals surface area contributed by atoms with Crippen LogP contribution in [0.5, 0.6) is 0 Å². The summed E-state index contributed by atoms with van der Waals surface area (Å²) in [6.45, 7) is 0.400. The largest absolute Gasteiger partial charge is 0.481 e. The van der Waals surface area contributed by atoms with Crippen molar-refractivity contribution in [3.8, 4) is 0 Å². The van der Waals surface area contributed by atoms with Gasteiger partial charge in [0.05, 0.1) is 0 Å². The van der Waals surface area contributed by atoms with Gasteiger partial charge < -0.3 is 10.4 Å². The molecule has 1 aromatic rings. The highest BCUT2D eigenvalue weighted by atomic mass is 32.2. The molecule has 8 heteroatoms. The topological polar surface area (TPSA) is 66.4 Å². The predicted molar refractivity (Wildman–Crippen MR) is 76.8 cm³/mol. The molecule has 0 saturated heterocycles. The van der Waals surface area contributed by atoms with Crippen LogP contribution in [0.1, 0.15) is 36.0 Å². The van der Waals surface area contributed by atoms with Crippen molar-refractivity contribution < 1.29 is 27.9 Å². The maximum Gasteiger partial charge on any atom is 0.446 e. The van der Waals surface area contributed by atoms with E-state index in [9.17, 15) is 22.8 Å². The number of carboxylic acids is 1. The van der Waals surface area contributed by atoms with Crippen LogP contribution < -0.4 is 5.32 Å². The Bertz CT molecular complexity index is 503. The molecule has 0 saturated carbocycles. The van der Waals surface area contributed by atoms with Gasteiger partial charge in [0, 0.05) is 23.4 Å². The van der Waals surface area contributed by atoms with Crippen molar-refractivity contribution in [1.29, 1.82) is 0 Å². The molecule has 4 nitrogen and oxygen atoms in total. The van der Waals surface area contributed by atoms with Gasteiger partial charge in [-0.05, 0) is 48.9 Å². The molecule has 0 aromatic heterocycles. The van der Waals surface area contributed by atoms with Gasteiger partial charge in [-0.2, -0.15) is 13.2 Å². The lowest BCUT2D eigenvalue weighted by Crippen LogP contribution is -2.24. The number of carbonyl (C=O) groups is 2. The van der Waals surface area contributed by atoms with E-state index in [1.54, 1.807) is 0 Å². The Labute approximate surface area is 130 Å². The number of hydrogen-bond acceptors (Lipinski definition) is 3. The highest BCUT2D eigenvalue weighted by molar-refractivity contribution is 8.00. The molecule has 1 amide bonds. The van der Waals surface area contributed by atoms with Crippen LogP contribution >= 0.6 is 11.8 Å². The predicted octanol–water partition coefficient (Wildman–Crippen LogP) is 3.67. The van der Waals surface area contributed by atoms with E-state index >= 15 is 0 Å². The van der Waals surface area contributed by atoms with Gasteiger partial charge in [0.1, 0.15) is 0 Å². The Kier molecular flexibility index (Phi) is 7.23. The molecule has 122 valence electrons. The van der Waals surface area contributed by atoms with E-state index in [0.29, 0.717) is 25.8 Å². The number of halogens is 3. The Morgan fingerprint density at radius 1 is 1.09 bits per heavy atom. The second-order valence-corrected chi connectivity index (χ2v) is 5.67. The monoisotopic (exact) mass is 335 g/mol. The lowest BCUT2D eigenvalue weighted by Gasteiger charge is -2.07. The van der Waals surface area contributed by atoms with Crippen LogP contribution in [0.3, 0.4) is 0 Å². The minimum absolute atomic E-state index is 0.0257. The van der Waals surface area contributed by atoms with E-state index in [1.807, 2.05) is 0 Å². The number of carbonyl (C=O) groups excluding carboxylic acids is 1. The van der Waals surface area contributed by atoms with Crippen molar-refractivity contribution >= 4 is 23.6 Å². The highest BCUT2D eigenvalue weighted by Crippen LogP contribution is 2.36. The molecule has 0 fully saturated rings. The molecule has 0 bridgehead atoms. The third-order valence-corrected chi connectivity index (χ3v) is 3.44. The first-order valence-corrected chi connectivity index (χ1v) is 7.45.